The quantitative estimate of drug-likeness (QED) is 0.813. The maximum Gasteiger partial charge on any atom is 0.307 e. The maximum atomic E-state index is 12.2. The number of rotatable bonds is 4. The molecule has 1 aliphatic heterocycles. The summed E-state index contributed by atoms with van der Waals surface area (Å²) in [6.07, 6.45) is 2.14. The summed E-state index contributed by atoms with van der Waals surface area (Å²) in [6.45, 7) is 5.01. The number of carbonyl (C=O) groups excluding carboxylic acids is 1. The minimum Gasteiger partial charge on any atom is -0.481 e. The van der Waals surface area contributed by atoms with Gasteiger partial charge in [0, 0.05) is 20.2 Å². The molecular formula is C13H21NO4. The molecule has 1 aliphatic carbocycles. The van der Waals surface area contributed by atoms with E-state index < -0.39 is 17.3 Å². The Hall–Kier alpha value is -1.10. The Morgan fingerprint density at radius 1 is 1.39 bits per heavy atom. The second-order valence-electron chi connectivity index (χ2n) is 5.97. The van der Waals surface area contributed by atoms with E-state index in [4.69, 9.17) is 9.84 Å². The van der Waals surface area contributed by atoms with Crippen LogP contribution >= 0.6 is 0 Å². The second-order valence-corrected chi connectivity index (χ2v) is 5.97. The van der Waals surface area contributed by atoms with Crippen LogP contribution in [0.3, 0.4) is 0 Å². The van der Waals surface area contributed by atoms with Crippen molar-refractivity contribution in [2.75, 3.05) is 20.2 Å². The lowest BCUT2D eigenvalue weighted by Crippen LogP contribution is -2.36. The van der Waals surface area contributed by atoms with E-state index in [-0.39, 0.29) is 17.9 Å². The van der Waals surface area contributed by atoms with E-state index in [1.54, 1.807) is 11.9 Å². The van der Waals surface area contributed by atoms with Crippen molar-refractivity contribution in [1.29, 1.82) is 0 Å². The molecule has 1 amide bonds. The topological polar surface area (TPSA) is 66.8 Å². The molecule has 18 heavy (non-hydrogen) atoms. The molecule has 0 bridgehead atoms. The number of carbonyl (C=O) groups is 2. The van der Waals surface area contributed by atoms with E-state index >= 15 is 0 Å². The lowest BCUT2D eigenvalue weighted by Gasteiger charge is -2.21. The molecular weight excluding hydrogens is 234 g/mol. The molecule has 3 atom stereocenters. The van der Waals surface area contributed by atoms with Crippen LogP contribution in [-0.4, -0.2) is 48.2 Å². The summed E-state index contributed by atoms with van der Waals surface area (Å²) < 4.78 is 5.49. The minimum atomic E-state index is -0.871. The van der Waals surface area contributed by atoms with Gasteiger partial charge in [0.1, 0.15) is 0 Å². The SMILES string of the molecule is CN(CC1CCCO1)C(=O)C1C(C(=O)O)C1(C)C. The Morgan fingerprint density at radius 2 is 2.06 bits per heavy atom. The molecule has 2 aliphatic rings. The van der Waals surface area contributed by atoms with E-state index in [1.165, 1.54) is 0 Å². The first-order valence-corrected chi connectivity index (χ1v) is 6.45. The number of likely N-dealkylation sites (N-methyl/N-ethyl adjacent to an activating group) is 1. The Morgan fingerprint density at radius 3 is 2.50 bits per heavy atom. The lowest BCUT2D eigenvalue weighted by atomic mass is 10.1. The number of amides is 1. The molecule has 3 unspecified atom stereocenters. The van der Waals surface area contributed by atoms with Crippen LogP contribution in [0.15, 0.2) is 0 Å². The fourth-order valence-electron chi connectivity index (χ4n) is 2.98. The van der Waals surface area contributed by atoms with Crippen LogP contribution in [0.25, 0.3) is 0 Å². The zero-order chi connectivity index (χ0) is 13.5. The van der Waals surface area contributed by atoms with Crippen LogP contribution in [0.4, 0.5) is 0 Å². The van der Waals surface area contributed by atoms with Crippen molar-refractivity contribution in [3.05, 3.63) is 0 Å². The van der Waals surface area contributed by atoms with E-state index in [0.29, 0.717) is 6.54 Å². The van der Waals surface area contributed by atoms with Crippen molar-refractivity contribution in [2.45, 2.75) is 32.8 Å². The molecule has 2 fully saturated rings. The van der Waals surface area contributed by atoms with E-state index in [0.717, 1.165) is 19.4 Å². The lowest BCUT2D eigenvalue weighted by molar-refractivity contribution is -0.142. The number of aliphatic carboxylic acids is 1. The molecule has 5 nitrogen and oxygen atoms in total. The summed E-state index contributed by atoms with van der Waals surface area (Å²) in [5.41, 5.74) is -0.423. The van der Waals surface area contributed by atoms with Gasteiger partial charge in [-0.15, -0.1) is 0 Å². The molecule has 102 valence electrons. The summed E-state index contributed by atoms with van der Waals surface area (Å²) in [6, 6.07) is 0. The zero-order valence-electron chi connectivity index (χ0n) is 11.2. The maximum absolute atomic E-state index is 12.2. The van der Waals surface area contributed by atoms with Crippen LogP contribution in [0.5, 0.6) is 0 Å². The molecule has 5 heteroatoms. The fourth-order valence-corrected chi connectivity index (χ4v) is 2.98. The number of ether oxygens (including phenoxy) is 1. The van der Waals surface area contributed by atoms with Crippen LogP contribution in [0.2, 0.25) is 0 Å². The minimum absolute atomic E-state index is 0.0668. The number of nitrogens with zero attached hydrogens (tertiary/aromatic N) is 1. The highest BCUT2D eigenvalue weighted by molar-refractivity contribution is 5.91. The third kappa shape index (κ3) is 2.23. The van der Waals surface area contributed by atoms with Gasteiger partial charge in [0.25, 0.3) is 0 Å². The van der Waals surface area contributed by atoms with Gasteiger partial charge in [0.05, 0.1) is 17.9 Å². The molecule has 2 rings (SSSR count). The summed E-state index contributed by atoms with van der Waals surface area (Å²) in [7, 11) is 1.73. The Bertz CT molecular complexity index is 360. The van der Waals surface area contributed by atoms with Crippen molar-refractivity contribution >= 4 is 11.9 Å². The zero-order valence-corrected chi connectivity index (χ0v) is 11.2. The summed E-state index contributed by atoms with van der Waals surface area (Å²) in [4.78, 5) is 24.9. The van der Waals surface area contributed by atoms with Crippen molar-refractivity contribution in [3.63, 3.8) is 0 Å². The summed E-state index contributed by atoms with van der Waals surface area (Å²) in [5.74, 6) is -1.87. The Kier molecular flexibility index (Phi) is 3.36. The van der Waals surface area contributed by atoms with Gasteiger partial charge in [0.15, 0.2) is 0 Å². The average Bonchev–Trinajstić information content (AvgIpc) is 2.63. The van der Waals surface area contributed by atoms with E-state index in [9.17, 15) is 9.59 Å². The van der Waals surface area contributed by atoms with Gasteiger partial charge in [-0.3, -0.25) is 9.59 Å². The average molecular weight is 255 g/mol. The van der Waals surface area contributed by atoms with E-state index in [2.05, 4.69) is 0 Å². The normalized spacial score (nSPS) is 33.2. The third-order valence-electron chi connectivity index (χ3n) is 4.24. The molecule has 0 aromatic carbocycles. The largest absolute Gasteiger partial charge is 0.481 e. The highest BCUT2D eigenvalue weighted by atomic mass is 16.5. The first kappa shape index (κ1) is 13.3. The second kappa shape index (κ2) is 4.53. The van der Waals surface area contributed by atoms with Crippen molar-refractivity contribution < 1.29 is 19.4 Å². The van der Waals surface area contributed by atoms with Crippen molar-refractivity contribution in [1.82, 2.24) is 4.90 Å². The number of carboxylic acid groups (broad SMARTS) is 1. The smallest absolute Gasteiger partial charge is 0.307 e. The summed E-state index contributed by atoms with van der Waals surface area (Å²) >= 11 is 0. The van der Waals surface area contributed by atoms with Crippen LogP contribution in [0, 0.1) is 17.3 Å². The Labute approximate surface area is 107 Å². The monoisotopic (exact) mass is 255 g/mol. The number of hydrogen-bond acceptors (Lipinski definition) is 3. The molecule has 0 aromatic heterocycles. The fraction of sp³-hybridized carbons (Fsp3) is 0.846. The van der Waals surface area contributed by atoms with E-state index in [1.807, 2.05) is 13.8 Å². The van der Waals surface area contributed by atoms with Gasteiger partial charge in [-0.2, -0.15) is 0 Å². The first-order chi connectivity index (χ1) is 8.35. The van der Waals surface area contributed by atoms with Gasteiger partial charge in [0.2, 0.25) is 5.91 Å². The van der Waals surface area contributed by atoms with Gasteiger partial charge < -0.3 is 14.7 Å². The highest BCUT2D eigenvalue weighted by Crippen LogP contribution is 2.58. The molecule has 0 aromatic rings. The predicted molar refractivity (Wildman–Crippen MR) is 65.0 cm³/mol. The van der Waals surface area contributed by atoms with Gasteiger partial charge in [-0.1, -0.05) is 13.8 Å². The third-order valence-corrected chi connectivity index (χ3v) is 4.24. The van der Waals surface area contributed by atoms with Crippen LogP contribution < -0.4 is 0 Å². The van der Waals surface area contributed by atoms with Gasteiger partial charge >= 0.3 is 5.97 Å². The Balaban J connectivity index is 1.93. The van der Waals surface area contributed by atoms with Crippen molar-refractivity contribution in [2.24, 2.45) is 17.3 Å². The first-order valence-electron chi connectivity index (χ1n) is 6.45. The van der Waals surface area contributed by atoms with Crippen molar-refractivity contribution in [3.8, 4) is 0 Å². The van der Waals surface area contributed by atoms with Crippen LogP contribution in [0.1, 0.15) is 26.7 Å². The molecule has 1 N–H and O–H groups in total. The van der Waals surface area contributed by atoms with Gasteiger partial charge in [-0.05, 0) is 18.3 Å². The van der Waals surface area contributed by atoms with Gasteiger partial charge in [-0.25, -0.2) is 0 Å². The summed E-state index contributed by atoms with van der Waals surface area (Å²) in [5, 5.41) is 9.08. The molecule has 1 saturated carbocycles. The number of hydrogen-bond donors (Lipinski definition) is 1. The predicted octanol–water partition coefficient (Wildman–Crippen LogP) is 0.981. The molecule has 1 saturated heterocycles. The van der Waals surface area contributed by atoms with Crippen LogP contribution in [-0.2, 0) is 14.3 Å². The highest BCUT2D eigenvalue weighted by Gasteiger charge is 2.66. The standard InChI is InChI=1S/C13H21NO4/c1-13(2)9(10(13)12(16)17)11(15)14(3)7-8-5-4-6-18-8/h8-10H,4-7H2,1-3H3,(H,16,17). The molecule has 0 spiro atoms. The molecule has 1 heterocycles. The number of carboxylic acids is 1. The molecule has 0 radical (unpaired) electrons.